The van der Waals surface area contributed by atoms with E-state index in [0.717, 1.165) is 16.9 Å². The van der Waals surface area contributed by atoms with E-state index in [9.17, 15) is 5.26 Å². The smallest absolute Gasteiger partial charge is 0.242 e. The van der Waals surface area contributed by atoms with E-state index in [1.54, 1.807) is 0 Å². The van der Waals surface area contributed by atoms with Crippen LogP contribution in [0.2, 0.25) is 19.6 Å². The molecule has 0 saturated heterocycles. The highest BCUT2D eigenvalue weighted by molar-refractivity contribution is 6.70. The van der Waals surface area contributed by atoms with Gasteiger partial charge in [-0.2, -0.15) is 5.26 Å². The van der Waals surface area contributed by atoms with Gasteiger partial charge >= 0.3 is 0 Å². The lowest BCUT2D eigenvalue weighted by molar-refractivity contribution is 0.510. The highest BCUT2D eigenvalue weighted by atomic mass is 28.4. The predicted octanol–water partition coefficient (Wildman–Crippen LogP) is 4.18. The van der Waals surface area contributed by atoms with Crippen molar-refractivity contribution in [3.8, 4) is 6.07 Å². The third kappa shape index (κ3) is 4.08. The molecule has 1 aromatic carbocycles. The van der Waals surface area contributed by atoms with Gasteiger partial charge in [0.25, 0.3) is 0 Å². The summed E-state index contributed by atoms with van der Waals surface area (Å²) in [6.45, 7) is 8.36. The van der Waals surface area contributed by atoms with Crippen LogP contribution < -0.4 is 0 Å². The van der Waals surface area contributed by atoms with Crippen molar-refractivity contribution in [2.24, 2.45) is 0 Å². The molecule has 0 aliphatic carbocycles. The van der Waals surface area contributed by atoms with E-state index < -0.39 is 8.32 Å². The normalized spacial score (nSPS) is 12.6. The van der Waals surface area contributed by atoms with Crippen molar-refractivity contribution in [2.75, 3.05) is 0 Å². The standard InChI is InChI=1S/C14H19NOSi/c1-5-12(11-15)14(16-17(2,3)4)13-9-7-6-8-10-13/h6-10H,5H2,1-4H3/b14-12-. The average molecular weight is 245 g/mol. The first-order valence-corrected chi connectivity index (χ1v) is 9.26. The van der Waals surface area contributed by atoms with Gasteiger partial charge in [0.05, 0.1) is 11.6 Å². The molecule has 0 aromatic heterocycles. The maximum Gasteiger partial charge on any atom is 0.242 e. The summed E-state index contributed by atoms with van der Waals surface area (Å²) in [4.78, 5) is 0. The van der Waals surface area contributed by atoms with Gasteiger partial charge in [-0.05, 0) is 26.1 Å². The lowest BCUT2D eigenvalue weighted by Crippen LogP contribution is -2.25. The van der Waals surface area contributed by atoms with Crippen LogP contribution in [-0.4, -0.2) is 8.32 Å². The Bertz CT molecular complexity index is 438. The minimum absolute atomic E-state index is 0.700. The van der Waals surface area contributed by atoms with E-state index in [2.05, 4.69) is 25.7 Å². The molecule has 0 unspecified atom stereocenters. The van der Waals surface area contributed by atoms with E-state index in [0.29, 0.717) is 6.42 Å². The van der Waals surface area contributed by atoms with E-state index >= 15 is 0 Å². The Morgan fingerprint density at radius 2 is 1.82 bits per heavy atom. The van der Waals surface area contributed by atoms with Gasteiger partial charge in [0.15, 0.2) is 0 Å². The molecule has 0 fully saturated rings. The lowest BCUT2D eigenvalue weighted by atomic mass is 10.1. The molecule has 0 spiro atoms. The Kier molecular flexibility index (Phi) is 4.53. The number of nitriles is 1. The van der Waals surface area contributed by atoms with Crippen molar-refractivity contribution in [2.45, 2.75) is 33.0 Å². The molecule has 1 rings (SSSR count). The summed E-state index contributed by atoms with van der Waals surface area (Å²) >= 11 is 0. The van der Waals surface area contributed by atoms with Crippen LogP contribution in [0.15, 0.2) is 35.9 Å². The highest BCUT2D eigenvalue weighted by Crippen LogP contribution is 2.25. The molecule has 17 heavy (non-hydrogen) atoms. The molecule has 90 valence electrons. The first-order valence-electron chi connectivity index (χ1n) is 5.85. The molecule has 0 atom stereocenters. The molecule has 0 aliphatic heterocycles. The largest absolute Gasteiger partial charge is 0.543 e. The monoisotopic (exact) mass is 245 g/mol. The maximum atomic E-state index is 9.18. The molecule has 0 saturated carbocycles. The van der Waals surface area contributed by atoms with Crippen LogP contribution >= 0.6 is 0 Å². The average Bonchev–Trinajstić information content (AvgIpc) is 2.29. The quantitative estimate of drug-likeness (QED) is 0.453. The van der Waals surface area contributed by atoms with Gasteiger partial charge in [-0.3, -0.25) is 0 Å². The van der Waals surface area contributed by atoms with Gasteiger partial charge in [-0.1, -0.05) is 37.3 Å². The summed E-state index contributed by atoms with van der Waals surface area (Å²) in [6.07, 6.45) is 0.700. The first kappa shape index (κ1) is 13.5. The van der Waals surface area contributed by atoms with E-state index in [-0.39, 0.29) is 0 Å². The van der Waals surface area contributed by atoms with Gasteiger partial charge in [-0.15, -0.1) is 0 Å². The number of hydrogen-bond donors (Lipinski definition) is 0. The maximum absolute atomic E-state index is 9.18. The number of rotatable bonds is 4. The van der Waals surface area contributed by atoms with Crippen molar-refractivity contribution < 1.29 is 4.43 Å². The van der Waals surface area contributed by atoms with Crippen molar-refractivity contribution >= 4 is 14.1 Å². The third-order valence-electron chi connectivity index (χ3n) is 2.21. The molecule has 1 aromatic rings. The van der Waals surface area contributed by atoms with Crippen molar-refractivity contribution in [3.63, 3.8) is 0 Å². The zero-order valence-corrected chi connectivity index (χ0v) is 11.9. The van der Waals surface area contributed by atoms with Crippen LogP contribution in [0, 0.1) is 11.3 Å². The second kappa shape index (κ2) is 5.69. The summed E-state index contributed by atoms with van der Waals surface area (Å²) < 4.78 is 6.06. The Morgan fingerprint density at radius 3 is 2.24 bits per heavy atom. The third-order valence-corrected chi connectivity index (χ3v) is 3.02. The van der Waals surface area contributed by atoms with E-state index in [1.165, 1.54) is 0 Å². The summed E-state index contributed by atoms with van der Waals surface area (Å²) in [6, 6.07) is 12.1. The Labute approximate surface area is 105 Å². The molecular formula is C14H19NOSi. The molecule has 0 N–H and O–H groups in total. The lowest BCUT2D eigenvalue weighted by Gasteiger charge is -2.23. The molecule has 0 amide bonds. The second-order valence-electron chi connectivity index (χ2n) is 4.85. The van der Waals surface area contributed by atoms with Crippen LogP contribution in [0.3, 0.4) is 0 Å². The van der Waals surface area contributed by atoms with Crippen LogP contribution in [0.1, 0.15) is 18.9 Å². The molecule has 0 bridgehead atoms. The summed E-state index contributed by atoms with van der Waals surface area (Å²) in [5.74, 6) is 0.759. The van der Waals surface area contributed by atoms with Crippen LogP contribution in [0.5, 0.6) is 0 Å². The van der Waals surface area contributed by atoms with Crippen molar-refractivity contribution in [3.05, 3.63) is 41.5 Å². The zero-order valence-electron chi connectivity index (χ0n) is 10.9. The van der Waals surface area contributed by atoms with E-state index in [1.807, 2.05) is 37.3 Å². The minimum Gasteiger partial charge on any atom is -0.543 e. The minimum atomic E-state index is -1.71. The highest BCUT2D eigenvalue weighted by Gasteiger charge is 2.20. The molecule has 2 nitrogen and oxygen atoms in total. The fraction of sp³-hybridized carbons (Fsp3) is 0.357. The fourth-order valence-electron chi connectivity index (χ4n) is 1.48. The van der Waals surface area contributed by atoms with E-state index in [4.69, 9.17) is 4.43 Å². The van der Waals surface area contributed by atoms with Crippen LogP contribution in [-0.2, 0) is 4.43 Å². The topological polar surface area (TPSA) is 33.0 Å². The van der Waals surface area contributed by atoms with Gasteiger partial charge < -0.3 is 4.43 Å². The molecule has 3 heteroatoms. The Balaban J connectivity index is 3.22. The second-order valence-corrected chi connectivity index (χ2v) is 9.28. The van der Waals surface area contributed by atoms with Crippen LogP contribution in [0.25, 0.3) is 5.76 Å². The summed E-state index contributed by atoms with van der Waals surface area (Å²) in [5.41, 5.74) is 1.71. The summed E-state index contributed by atoms with van der Waals surface area (Å²) in [7, 11) is -1.71. The Hall–Kier alpha value is -1.53. The first-order chi connectivity index (χ1) is 7.98. The summed E-state index contributed by atoms with van der Waals surface area (Å²) in [5, 5.41) is 9.18. The number of hydrogen-bond acceptors (Lipinski definition) is 2. The van der Waals surface area contributed by atoms with Gasteiger partial charge in [0.1, 0.15) is 5.76 Å². The van der Waals surface area contributed by atoms with Crippen LogP contribution in [0.4, 0.5) is 0 Å². The van der Waals surface area contributed by atoms with Gasteiger partial charge in [0, 0.05) is 5.56 Å². The molecule has 0 radical (unpaired) electrons. The van der Waals surface area contributed by atoms with Crippen molar-refractivity contribution in [1.29, 1.82) is 5.26 Å². The molecule has 0 heterocycles. The van der Waals surface area contributed by atoms with Gasteiger partial charge in [0.2, 0.25) is 8.32 Å². The zero-order chi connectivity index (χ0) is 12.9. The fourth-order valence-corrected chi connectivity index (χ4v) is 2.33. The molecular weight excluding hydrogens is 226 g/mol. The number of benzene rings is 1. The predicted molar refractivity (Wildman–Crippen MR) is 73.7 cm³/mol. The van der Waals surface area contributed by atoms with Gasteiger partial charge in [-0.25, -0.2) is 0 Å². The SMILES string of the molecule is CC/C(C#N)=C(/O[Si](C)(C)C)c1ccccc1. The van der Waals surface area contributed by atoms with Crippen molar-refractivity contribution in [1.82, 2.24) is 0 Å². The number of allylic oxidation sites excluding steroid dienone is 1. The molecule has 0 aliphatic rings. The Morgan fingerprint density at radius 1 is 1.24 bits per heavy atom. The number of nitrogens with zero attached hydrogens (tertiary/aromatic N) is 1.